The summed E-state index contributed by atoms with van der Waals surface area (Å²) in [5, 5.41) is 3.24. The van der Waals surface area contributed by atoms with E-state index in [1.807, 2.05) is 13.8 Å². The molecule has 0 bridgehead atoms. The summed E-state index contributed by atoms with van der Waals surface area (Å²) in [5.41, 5.74) is -1.30. The zero-order valence-corrected chi connectivity index (χ0v) is 13.5. The van der Waals surface area contributed by atoms with E-state index in [9.17, 15) is 18.0 Å². The van der Waals surface area contributed by atoms with Crippen LogP contribution in [0.5, 0.6) is 0 Å². The molecule has 10 heteroatoms. The van der Waals surface area contributed by atoms with Crippen molar-refractivity contribution in [1.29, 1.82) is 0 Å². The van der Waals surface area contributed by atoms with Crippen molar-refractivity contribution >= 4 is 21.1 Å². The van der Waals surface area contributed by atoms with Gasteiger partial charge in [0.05, 0.1) is 5.39 Å². The van der Waals surface area contributed by atoms with Crippen molar-refractivity contribution in [3.05, 3.63) is 33.1 Å². The van der Waals surface area contributed by atoms with Crippen molar-refractivity contribution in [2.75, 3.05) is 13.1 Å². The molecule has 1 aliphatic heterocycles. The smallest absolute Gasteiger partial charge is 0.311 e. The van der Waals surface area contributed by atoms with Crippen LogP contribution in [0.2, 0.25) is 0 Å². The van der Waals surface area contributed by atoms with Crippen molar-refractivity contribution in [2.45, 2.75) is 30.8 Å². The van der Waals surface area contributed by atoms with Crippen molar-refractivity contribution in [1.82, 2.24) is 24.6 Å². The zero-order chi connectivity index (χ0) is 16.8. The highest BCUT2D eigenvalue weighted by atomic mass is 32.2. The molecule has 1 aliphatic rings. The number of sulfonamides is 1. The van der Waals surface area contributed by atoms with Crippen molar-refractivity contribution < 1.29 is 8.42 Å². The fourth-order valence-corrected chi connectivity index (χ4v) is 4.34. The normalized spacial score (nSPS) is 23.2. The molecule has 3 N–H and O–H groups in total. The summed E-state index contributed by atoms with van der Waals surface area (Å²) < 4.78 is 27.1. The number of piperazine rings is 1. The second kappa shape index (κ2) is 5.55. The van der Waals surface area contributed by atoms with Gasteiger partial charge in [0.25, 0.3) is 5.56 Å². The van der Waals surface area contributed by atoms with Crippen LogP contribution >= 0.6 is 0 Å². The topological polar surface area (TPSA) is 128 Å². The fraction of sp³-hybridized carbons (Fsp3) is 0.462. The molecule has 0 radical (unpaired) electrons. The molecule has 23 heavy (non-hydrogen) atoms. The highest BCUT2D eigenvalue weighted by molar-refractivity contribution is 7.89. The molecule has 2 aromatic heterocycles. The quantitative estimate of drug-likeness (QED) is 0.643. The van der Waals surface area contributed by atoms with Gasteiger partial charge in [-0.3, -0.25) is 14.8 Å². The number of rotatable bonds is 2. The first-order chi connectivity index (χ1) is 10.8. The van der Waals surface area contributed by atoms with Gasteiger partial charge in [0, 0.05) is 31.4 Å². The predicted molar refractivity (Wildman–Crippen MR) is 83.8 cm³/mol. The summed E-state index contributed by atoms with van der Waals surface area (Å²) in [6.45, 7) is 4.64. The van der Waals surface area contributed by atoms with Gasteiger partial charge in [0.1, 0.15) is 10.5 Å². The Balaban J connectivity index is 2.12. The largest absolute Gasteiger partial charge is 0.327 e. The SMILES string of the molecule is CC1NCCN(S(=O)(=O)c2cnc3[nH]c(=O)[nH]c(=O)c3c2)C1C. The molecular weight excluding hydrogens is 322 g/mol. The molecule has 1 fully saturated rings. The second-order valence-electron chi connectivity index (χ2n) is 5.57. The van der Waals surface area contributed by atoms with Crippen LogP contribution in [-0.4, -0.2) is 52.8 Å². The Morgan fingerprint density at radius 3 is 2.74 bits per heavy atom. The first-order valence-electron chi connectivity index (χ1n) is 7.18. The van der Waals surface area contributed by atoms with Crippen LogP contribution in [0, 0.1) is 0 Å². The maximum atomic E-state index is 12.8. The summed E-state index contributed by atoms with van der Waals surface area (Å²) >= 11 is 0. The number of hydrogen-bond acceptors (Lipinski definition) is 6. The van der Waals surface area contributed by atoms with E-state index < -0.39 is 21.3 Å². The minimum Gasteiger partial charge on any atom is -0.311 e. The summed E-state index contributed by atoms with van der Waals surface area (Å²) in [7, 11) is -3.78. The second-order valence-corrected chi connectivity index (χ2v) is 7.47. The Morgan fingerprint density at radius 2 is 2.00 bits per heavy atom. The Hall–Kier alpha value is -2.04. The number of fused-ring (bicyclic) bond motifs is 1. The van der Waals surface area contributed by atoms with Gasteiger partial charge in [0.15, 0.2) is 0 Å². The molecule has 0 spiro atoms. The van der Waals surface area contributed by atoms with Crippen molar-refractivity contribution in [2.24, 2.45) is 0 Å². The number of nitrogens with zero attached hydrogens (tertiary/aromatic N) is 2. The van der Waals surface area contributed by atoms with Gasteiger partial charge in [-0.05, 0) is 19.9 Å². The first-order valence-corrected chi connectivity index (χ1v) is 8.62. The van der Waals surface area contributed by atoms with Crippen LogP contribution < -0.4 is 16.6 Å². The molecule has 3 rings (SSSR count). The first kappa shape index (κ1) is 15.8. The van der Waals surface area contributed by atoms with Gasteiger partial charge in [-0.1, -0.05) is 0 Å². The average molecular weight is 339 g/mol. The lowest BCUT2D eigenvalue weighted by Gasteiger charge is -2.37. The molecule has 124 valence electrons. The lowest BCUT2D eigenvalue weighted by Crippen LogP contribution is -2.57. The molecule has 0 aromatic carbocycles. The van der Waals surface area contributed by atoms with E-state index in [0.29, 0.717) is 13.1 Å². The number of aromatic amines is 2. The fourth-order valence-electron chi connectivity index (χ4n) is 2.67. The molecule has 1 saturated heterocycles. The highest BCUT2D eigenvalue weighted by Gasteiger charge is 2.34. The molecule has 2 atom stereocenters. The minimum absolute atomic E-state index is 0.0201. The Labute approximate surface area is 131 Å². The van der Waals surface area contributed by atoms with E-state index in [2.05, 4.69) is 20.3 Å². The van der Waals surface area contributed by atoms with Gasteiger partial charge < -0.3 is 5.32 Å². The maximum absolute atomic E-state index is 12.8. The van der Waals surface area contributed by atoms with Crippen LogP contribution in [0.15, 0.2) is 26.7 Å². The summed E-state index contributed by atoms with van der Waals surface area (Å²) in [6, 6.07) is 1.04. The predicted octanol–water partition coefficient (Wildman–Crippen LogP) is -1.02. The van der Waals surface area contributed by atoms with Crippen LogP contribution in [0.1, 0.15) is 13.8 Å². The van der Waals surface area contributed by atoms with Gasteiger partial charge in [-0.25, -0.2) is 18.2 Å². The van der Waals surface area contributed by atoms with Crippen LogP contribution in [0.4, 0.5) is 0 Å². The van der Waals surface area contributed by atoms with Crippen molar-refractivity contribution in [3.8, 4) is 0 Å². The van der Waals surface area contributed by atoms with Crippen molar-refractivity contribution in [3.63, 3.8) is 0 Å². The lowest BCUT2D eigenvalue weighted by atomic mass is 10.1. The zero-order valence-electron chi connectivity index (χ0n) is 12.7. The van der Waals surface area contributed by atoms with Crippen LogP contribution in [0.25, 0.3) is 11.0 Å². The van der Waals surface area contributed by atoms with Crippen LogP contribution in [0.3, 0.4) is 0 Å². The summed E-state index contributed by atoms with van der Waals surface area (Å²) in [6.07, 6.45) is 1.16. The van der Waals surface area contributed by atoms with E-state index in [4.69, 9.17) is 0 Å². The van der Waals surface area contributed by atoms with Gasteiger partial charge >= 0.3 is 5.69 Å². The molecular formula is C13H17N5O4S. The standard InChI is InChI=1S/C13H17N5O4S/c1-7-8(2)18(4-3-14-7)23(21,22)9-5-10-11(15-6-9)16-13(20)17-12(10)19/h5-8,14H,3-4H2,1-2H3,(H2,15,16,17,19,20). The molecule has 3 heterocycles. The van der Waals surface area contributed by atoms with Gasteiger partial charge in [0.2, 0.25) is 10.0 Å². The Morgan fingerprint density at radius 1 is 1.26 bits per heavy atom. The van der Waals surface area contributed by atoms with Gasteiger partial charge in [-0.2, -0.15) is 4.31 Å². The van der Waals surface area contributed by atoms with Gasteiger partial charge in [-0.15, -0.1) is 0 Å². The molecule has 2 unspecified atom stereocenters. The number of nitrogens with one attached hydrogen (secondary N) is 3. The van der Waals surface area contributed by atoms with E-state index in [1.165, 1.54) is 10.4 Å². The minimum atomic E-state index is -3.78. The number of aromatic nitrogens is 3. The van der Waals surface area contributed by atoms with Crippen LogP contribution in [-0.2, 0) is 10.0 Å². The molecule has 0 saturated carbocycles. The van der Waals surface area contributed by atoms with E-state index in [0.717, 1.165) is 6.20 Å². The molecule has 0 amide bonds. The highest BCUT2D eigenvalue weighted by Crippen LogP contribution is 2.22. The average Bonchev–Trinajstić information content (AvgIpc) is 2.49. The van der Waals surface area contributed by atoms with E-state index >= 15 is 0 Å². The third-order valence-electron chi connectivity index (χ3n) is 4.15. The Kier molecular flexibility index (Phi) is 3.82. The third-order valence-corrected chi connectivity index (χ3v) is 6.10. The number of H-pyrrole nitrogens is 2. The summed E-state index contributed by atoms with van der Waals surface area (Å²) in [4.78, 5) is 31.3. The third kappa shape index (κ3) is 2.69. The molecule has 0 aliphatic carbocycles. The maximum Gasteiger partial charge on any atom is 0.327 e. The lowest BCUT2D eigenvalue weighted by molar-refractivity contribution is 0.233. The summed E-state index contributed by atoms with van der Waals surface area (Å²) in [5.74, 6) is 0. The monoisotopic (exact) mass is 339 g/mol. The number of hydrogen-bond donors (Lipinski definition) is 3. The van der Waals surface area contributed by atoms with E-state index in [1.54, 1.807) is 0 Å². The number of pyridine rings is 1. The molecule has 9 nitrogen and oxygen atoms in total. The van der Waals surface area contributed by atoms with E-state index in [-0.39, 0.29) is 28.0 Å². The molecule has 2 aromatic rings. The Bertz CT molecular complexity index is 964.